The summed E-state index contributed by atoms with van der Waals surface area (Å²) in [5, 5.41) is 13.5. The standard InChI is InChI=1S/C27H26N2O4/c1-2-3-16-33-22-13-11-21(12-14-22)25(30)23-24(20-9-5-4-6-10-20)29(27(32)26(23)31)18-19-8-7-15-28-17-19/h4-15,17,24,30H,2-3,16,18H2,1H3/b25-23+. The molecule has 1 saturated heterocycles. The first-order chi connectivity index (χ1) is 16.1. The normalized spacial score (nSPS) is 17.4. The fourth-order valence-electron chi connectivity index (χ4n) is 3.93. The maximum Gasteiger partial charge on any atom is 0.295 e. The van der Waals surface area contributed by atoms with E-state index in [-0.39, 0.29) is 12.1 Å². The van der Waals surface area contributed by atoms with Gasteiger partial charge in [-0.1, -0.05) is 61.6 Å². The Morgan fingerprint density at radius 2 is 1.79 bits per heavy atom. The Morgan fingerprint density at radius 3 is 2.45 bits per heavy atom. The highest BCUT2D eigenvalue weighted by atomic mass is 16.5. The molecule has 0 radical (unpaired) electrons. The molecular weight excluding hydrogens is 416 g/mol. The zero-order valence-corrected chi connectivity index (χ0v) is 18.5. The Labute approximate surface area is 193 Å². The number of pyridine rings is 1. The minimum absolute atomic E-state index is 0.0224. The van der Waals surface area contributed by atoms with Crippen molar-refractivity contribution in [3.8, 4) is 5.75 Å². The lowest BCUT2D eigenvalue weighted by Gasteiger charge is -2.27. The summed E-state index contributed by atoms with van der Waals surface area (Å²) >= 11 is 0. The highest BCUT2D eigenvalue weighted by molar-refractivity contribution is 6.46. The highest BCUT2D eigenvalue weighted by Gasteiger charge is 2.44. The lowest BCUT2D eigenvalue weighted by Crippen LogP contribution is -2.29. The van der Waals surface area contributed by atoms with Gasteiger partial charge in [0.2, 0.25) is 5.78 Å². The van der Waals surface area contributed by atoms with Gasteiger partial charge in [0.25, 0.3) is 5.91 Å². The quantitative estimate of drug-likeness (QED) is 0.232. The SMILES string of the molecule is CCCCOc1ccc(/C([O-])=C2\C(=O)C(=O)N(Cc3ccc[nH+]c3)C2c2ccccc2)cc1. The average molecular weight is 443 g/mol. The van der Waals surface area contributed by atoms with Crippen LogP contribution in [0.5, 0.6) is 5.75 Å². The maximum absolute atomic E-state index is 13.5. The molecule has 2 aromatic carbocycles. The number of aromatic amines is 1. The fourth-order valence-corrected chi connectivity index (χ4v) is 3.93. The second-order valence-electron chi connectivity index (χ2n) is 7.96. The minimum Gasteiger partial charge on any atom is -0.872 e. The molecule has 1 fully saturated rings. The van der Waals surface area contributed by atoms with Crippen molar-refractivity contribution < 1.29 is 24.4 Å². The number of unbranched alkanes of at least 4 members (excludes halogenated alkanes) is 1. The third-order valence-corrected chi connectivity index (χ3v) is 5.65. The molecule has 1 atom stereocenters. The molecule has 6 nitrogen and oxygen atoms in total. The Morgan fingerprint density at radius 1 is 1.03 bits per heavy atom. The summed E-state index contributed by atoms with van der Waals surface area (Å²) in [5.74, 6) is -1.20. The summed E-state index contributed by atoms with van der Waals surface area (Å²) in [5.41, 5.74) is 1.89. The summed E-state index contributed by atoms with van der Waals surface area (Å²) < 4.78 is 5.67. The van der Waals surface area contributed by atoms with Crippen LogP contribution in [0.15, 0.2) is 84.7 Å². The van der Waals surface area contributed by atoms with Gasteiger partial charge >= 0.3 is 0 Å². The molecule has 0 aliphatic carbocycles. The van der Waals surface area contributed by atoms with E-state index >= 15 is 0 Å². The predicted molar refractivity (Wildman–Crippen MR) is 122 cm³/mol. The van der Waals surface area contributed by atoms with E-state index in [9.17, 15) is 14.7 Å². The second kappa shape index (κ2) is 10.1. The number of rotatable bonds is 8. The first-order valence-corrected chi connectivity index (χ1v) is 11.1. The zero-order valence-electron chi connectivity index (χ0n) is 18.5. The third-order valence-electron chi connectivity index (χ3n) is 5.65. The molecule has 1 aliphatic heterocycles. The van der Waals surface area contributed by atoms with E-state index < -0.39 is 23.5 Å². The van der Waals surface area contributed by atoms with Crippen LogP contribution >= 0.6 is 0 Å². The third kappa shape index (κ3) is 4.80. The number of ether oxygens (including phenoxy) is 1. The van der Waals surface area contributed by atoms with Crippen LogP contribution in [0, 0.1) is 0 Å². The Kier molecular flexibility index (Phi) is 6.83. The number of benzene rings is 2. The smallest absolute Gasteiger partial charge is 0.295 e. The van der Waals surface area contributed by atoms with Crippen molar-refractivity contribution in [2.24, 2.45) is 0 Å². The van der Waals surface area contributed by atoms with Gasteiger partial charge in [0.1, 0.15) is 5.75 Å². The van der Waals surface area contributed by atoms with Crippen molar-refractivity contribution in [3.05, 3.63) is 101 Å². The molecule has 3 aromatic rings. The van der Waals surface area contributed by atoms with Gasteiger partial charge in [-0.15, -0.1) is 0 Å². The maximum atomic E-state index is 13.5. The van der Waals surface area contributed by atoms with E-state index in [1.165, 1.54) is 4.90 Å². The molecule has 2 heterocycles. The van der Waals surface area contributed by atoms with E-state index in [2.05, 4.69) is 11.9 Å². The van der Waals surface area contributed by atoms with Gasteiger partial charge in [-0.3, -0.25) is 9.59 Å². The second-order valence-corrected chi connectivity index (χ2v) is 7.96. The predicted octanol–water partition coefficient (Wildman–Crippen LogP) is 3.10. The molecule has 1 N–H and O–H groups in total. The molecule has 1 unspecified atom stereocenters. The molecule has 1 aromatic heterocycles. The molecule has 0 spiro atoms. The van der Waals surface area contributed by atoms with Gasteiger partial charge in [-0.2, -0.15) is 0 Å². The summed E-state index contributed by atoms with van der Waals surface area (Å²) in [6.07, 6.45) is 5.52. The van der Waals surface area contributed by atoms with Crippen LogP contribution in [-0.2, 0) is 16.1 Å². The lowest BCUT2D eigenvalue weighted by atomic mass is 9.95. The van der Waals surface area contributed by atoms with Gasteiger partial charge in [-0.25, -0.2) is 4.98 Å². The van der Waals surface area contributed by atoms with E-state index in [1.807, 2.05) is 42.5 Å². The monoisotopic (exact) mass is 442 g/mol. The van der Waals surface area contributed by atoms with E-state index in [0.717, 1.165) is 24.0 Å². The molecule has 1 amide bonds. The number of Topliss-reactive ketones (excluding diaryl/α,β-unsaturated/α-hetero) is 1. The van der Waals surface area contributed by atoms with E-state index in [1.54, 1.807) is 36.7 Å². The molecule has 0 bridgehead atoms. The number of carbonyl (C=O) groups excluding carboxylic acids is 2. The van der Waals surface area contributed by atoms with Gasteiger partial charge < -0.3 is 14.7 Å². The number of amides is 1. The molecular formula is C27H26N2O4. The van der Waals surface area contributed by atoms with Crippen molar-refractivity contribution in [1.29, 1.82) is 0 Å². The number of nitrogens with zero attached hydrogens (tertiary/aromatic N) is 1. The Hall–Kier alpha value is -3.93. The topological polar surface area (TPSA) is 83.8 Å². The summed E-state index contributed by atoms with van der Waals surface area (Å²) in [7, 11) is 0. The minimum atomic E-state index is -0.753. The van der Waals surface area contributed by atoms with Crippen molar-refractivity contribution in [2.75, 3.05) is 6.61 Å². The zero-order chi connectivity index (χ0) is 23.2. The van der Waals surface area contributed by atoms with Gasteiger partial charge in [-0.05, 0) is 35.7 Å². The van der Waals surface area contributed by atoms with Crippen molar-refractivity contribution >= 4 is 17.4 Å². The number of nitrogens with one attached hydrogen (secondary N) is 1. The fraction of sp³-hybridized carbons (Fsp3) is 0.222. The number of carbonyl (C=O) groups is 2. The van der Waals surface area contributed by atoms with Crippen molar-refractivity contribution in [1.82, 2.24) is 4.90 Å². The first kappa shape index (κ1) is 22.3. The van der Waals surface area contributed by atoms with Crippen LogP contribution in [0.25, 0.3) is 5.76 Å². The highest BCUT2D eigenvalue weighted by Crippen LogP contribution is 2.39. The largest absolute Gasteiger partial charge is 0.872 e. The van der Waals surface area contributed by atoms with Crippen LogP contribution in [0.4, 0.5) is 0 Å². The molecule has 168 valence electrons. The Bertz CT molecular complexity index is 1140. The molecule has 4 rings (SSSR count). The van der Waals surface area contributed by atoms with Crippen molar-refractivity contribution in [3.63, 3.8) is 0 Å². The lowest BCUT2D eigenvalue weighted by molar-refractivity contribution is -0.378. The van der Waals surface area contributed by atoms with Crippen LogP contribution < -0.4 is 14.8 Å². The number of hydrogen-bond donors (Lipinski definition) is 0. The summed E-state index contributed by atoms with van der Waals surface area (Å²) in [4.78, 5) is 30.5. The Balaban J connectivity index is 1.72. The van der Waals surface area contributed by atoms with Crippen LogP contribution in [-0.4, -0.2) is 23.2 Å². The first-order valence-electron chi connectivity index (χ1n) is 11.1. The number of hydrogen-bond acceptors (Lipinski definition) is 4. The number of likely N-dealkylation sites (tertiary alicyclic amines) is 1. The van der Waals surface area contributed by atoms with Crippen LogP contribution in [0.1, 0.15) is 42.5 Å². The summed E-state index contributed by atoms with van der Waals surface area (Å²) in [6.45, 7) is 2.91. The van der Waals surface area contributed by atoms with Crippen LogP contribution in [0.3, 0.4) is 0 Å². The van der Waals surface area contributed by atoms with Crippen LogP contribution in [0.2, 0.25) is 0 Å². The average Bonchev–Trinajstić information content (AvgIpc) is 3.10. The molecule has 1 aliphatic rings. The summed E-state index contributed by atoms with van der Waals surface area (Å²) in [6, 6.07) is 18.9. The molecule has 6 heteroatoms. The van der Waals surface area contributed by atoms with Gasteiger partial charge in [0.05, 0.1) is 19.2 Å². The van der Waals surface area contributed by atoms with Gasteiger partial charge in [0.15, 0.2) is 12.4 Å². The number of aromatic nitrogens is 1. The molecule has 0 saturated carbocycles. The van der Waals surface area contributed by atoms with E-state index in [4.69, 9.17) is 4.74 Å². The molecule has 33 heavy (non-hydrogen) atoms. The van der Waals surface area contributed by atoms with Gasteiger partial charge in [0, 0.05) is 17.2 Å². The number of ketones is 1. The number of H-pyrrole nitrogens is 1. The van der Waals surface area contributed by atoms with E-state index in [0.29, 0.717) is 17.9 Å². The van der Waals surface area contributed by atoms with Crippen molar-refractivity contribution in [2.45, 2.75) is 32.4 Å².